The molecule has 3 atom stereocenters. The van der Waals surface area contributed by atoms with Crippen molar-refractivity contribution in [1.82, 2.24) is 18.8 Å². The Kier molecular flexibility index (Phi) is 4.54. The van der Waals surface area contributed by atoms with Gasteiger partial charge < -0.3 is 4.74 Å². The van der Waals surface area contributed by atoms with Gasteiger partial charge >= 0.3 is 0 Å². The maximum absolute atomic E-state index is 12.9. The number of aromatic amines is 1. The third kappa shape index (κ3) is 3.19. The number of aromatic nitrogens is 2. The molecule has 0 saturated carbocycles. The van der Waals surface area contributed by atoms with Gasteiger partial charge in [-0.1, -0.05) is 0 Å². The predicted octanol–water partition coefficient (Wildman–Crippen LogP) is 0.943. The third-order valence-electron chi connectivity index (χ3n) is 4.41. The Balaban J connectivity index is 1.74. The molecule has 22 heavy (non-hydrogen) atoms. The van der Waals surface area contributed by atoms with E-state index in [2.05, 4.69) is 10.2 Å². The molecule has 3 rings (SSSR count). The van der Waals surface area contributed by atoms with Crippen LogP contribution < -0.4 is 0 Å². The molecular weight excluding hydrogens is 304 g/mol. The first-order valence-electron chi connectivity index (χ1n) is 7.86. The van der Waals surface area contributed by atoms with Gasteiger partial charge in [-0.25, -0.2) is 0 Å². The van der Waals surface area contributed by atoms with Gasteiger partial charge in [-0.3, -0.25) is 5.10 Å². The highest BCUT2D eigenvalue weighted by molar-refractivity contribution is 7.86. The van der Waals surface area contributed by atoms with Crippen LogP contribution in [-0.4, -0.2) is 65.6 Å². The van der Waals surface area contributed by atoms with Crippen LogP contribution in [-0.2, 0) is 14.9 Å². The van der Waals surface area contributed by atoms with E-state index in [1.165, 1.54) is 0 Å². The van der Waals surface area contributed by atoms with Crippen LogP contribution in [0.15, 0.2) is 12.4 Å². The zero-order chi connectivity index (χ0) is 15.7. The standard InChI is InChI=1S/C14H24N4O3S/c1-11-8-18(9-12(2)21-11)22(19,20)17-5-3-4-13(10-17)14-6-15-16-7-14/h6-7,11-13H,3-5,8-10H2,1-2H3,(H,15,16). The second-order valence-corrected chi connectivity index (χ2v) is 8.24. The highest BCUT2D eigenvalue weighted by Crippen LogP contribution is 2.29. The van der Waals surface area contributed by atoms with E-state index in [1.807, 2.05) is 20.0 Å². The van der Waals surface area contributed by atoms with Crippen LogP contribution in [0.3, 0.4) is 0 Å². The van der Waals surface area contributed by atoms with Crippen molar-refractivity contribution in [3.63, 3.8) is 0 Å². The summed E-state index contributed by atoms with van der Waals surface area (Å²) >= 11 is 0. The van der Waals surface area contributed by atoms with Gasteiger partial charge in [0.05, 0.1) is 18.4 Å². The number of nitrogens with one attached hydrogen (secondary N) is 1. The number of ether oxygens (including phenoxy) is 1. The first-order valence-corrected chi connectivity index (χ1v) is 9.26. The maximum Gasteiger partial charge on any atom is 0.282 e. The lowest BCUT2D eigenvalue weighted by Crippen LogP contribution is -2.54. The van der Waals surface area contributed by atoms with Crippen LogP contribution in [0.25, 0.3) is 0 Å². The molecule has 1 N–H and O–H groups in total. The third-order valence-corrected chi connectivity index (χ3v) is 6.35. The number of hydrogen-bond acceptors (Lipinski definition) is 4. The normalized spacial score (nSPS) is 32.2. The van der Waals surface area contributed by atoms with Crippen LogP contribution in [0.2, 0.25) is 0 Å². The zero-order valence-corrected chi connectivity index (χ0v) is 13.9. The molecule has 0 spiro atoms. The summed E-state index contributed by atoms with van der Waals surface area (Å²) in [6.45, 7) is 5.82. The molecule has 0 aromatic carbocycles. The average molecular weight is 328 g/mol. The largest absolute Gasteiger partial charge is 0.373 e. The lowest BCUT2D eigenvalue weighted by molar-refractivity contribution is -0.0456. The summed E-state index contributed by atoms with van der Waals surface area (Å²) in [4.78, 5) is 0. The topological polar surface area (TPSA) is 78.5 Å². The lowest BCUT2D eigenvalue weighted by atomic mass is 9.94. The quantitative estimate of drug-likeness (QED) is 0.896. The summed E-state index contributed by atoms with van der Waals surface area (Å²) in [7, 11) is -3.42. The van der Waals surface area contributed by atoms with Gasteiger partial charge in [0.2, 0.25) is 0 Å². The van der Waals surface area contributed by atoms with Gasteiger partial charge in [0.1, 0.15) is 0 Å². The van der Waals surface area contributed by atoms with Gasteiger partial charge in [-0.05, 0) is 32.3 Å². The highest BCUT2D eigenvalue weighted by atomic mass is 32.2. The first-order chi connectivity index (χ1) is 10.5. The molecule has 1 aromatic heterocycles. The van der Waals surface area contributed by atoms with Crippen LogP contribution in [0.4, 0.5) is 0 Å². The van der Waals surface area contributed by atoms with Crippen LogP contribution in [0.5, 0.6) is 0 Å². The van der Waals surface area contributed by atoms with Gasteiger partial charge in [0.25, 0.3) is 10.2 Å². The predicted molar refractivity (Wildman–Crippen MR) is 82.6 cm³/mol. The summed E-state index contributed by atoms with van der Waals surface area (Å²) in [6.07, 6.45) is 5.41. The Morgan fingerprint density at radius 2 is 1.95 bits per heavy atom. The van der Waals surface area contributed by atoms with Crippen molar-refractivity contribution in [2.75, 3.05) is 26.2 Å². The van der Waals surface area contributed by atoms with Crippen LogP contribution in [0.1, 0.15) is 38.2 Å². The second-order valence-electron chi connectivity index (χ2n) is 6.31. The van der Waals surface area contributed by atoms with Gasteiger partial charge in [0.15, 0.2) is 0 Å². The Hall–Kier alpha value is -0.960. The van der Waals surface area contributed by atoms with E-state index in [1.54, 1.807) is 14.8 Å². The smallest absolute Gasteiger partial charge is 0.282 e. The molecule has 0 bridgehead atoms. The van der Waals surface area contributed by atoms with Gasteiger partial charge in [0, 0.05) is 38.3 Å². The highest BCUT2D eigenvalue weighted by Gasteiger charge is 2.37. The molecule has 0 amide bonds. The minimum absolute atomic E-state index is 0.0620. The summed E-state index contributed by atoms with van der Waals surface area (Å²) < 4.78 is 34.7. The van der Waals surface area contributed by atoms with Crippen LogP contribution in [0, 0.1) is 0 Å². The molecule has 124 valence electrons. The van der Waals surface area contributed by atoms with Crippen LogP contribution >= 0.6 is 0 Å². The fourth-order valence-electron chi connectivity index (χ4n) is 3.39. The van der Waals surface area contributed by atoms with E-state index in [-0.39, 0.29) is 18.1 Å². The summed E-state index contributed by atoms with van der Waals surface area (Å²) in [5, 5.41) is 6.79. The number of H-pyrrole nitrogens is 1. The Bertz CT molecular complexity index is 579. The van der Waals surface area contributed by atoms with Crippen molar-refractivity contribution in [2.45, 2.75) is 44.8 Å². The van der Waals surface area contributed by atoms with E-state index in [0.29, 0.717) is 26.2 Å². The van der Waals surface area contributed by atoms with E-state index in [9.17, 15) is 8.42 Å². The maximum atomic E-state index is 12.9. The Labute approximate surface area is 131 Å². The number of nitrogens with zero attached hydrogens (tertiary/aromatic N) is 3. The van der Waals surface area contributed by atoms with E-state index in [4.69, 9.17) is 4.74 Å². The molecule has 2 aliphatic heterocycles. The first kappa shape index (κ1) is 15.9. The lowest BCUT2D eigenvalue weighted by Gasteiger charge is -2.39. The minimum atomic E-state index is -3.42. The van der Waals surface area contributed by atoms with Crippen molar-refractivity contribution < 1.29 is 13.2 Å². The summed E-state index contributed by atoms with van der Waals surface area (Å²) in [6, 6.07) is 0. The molecule has 2 aliphatic rings. The average Bonchev–Trinajstić information content (AvgIpc) is 3.00. The van der Waals surface area contributed by atoms with E-state index < -0.39 is 10.2 Å². The number of hydrogen-bond donors (Lipinski definition) is 1. The molecule has 0 aliphatic carbocycles. The molecule has 2 saturated heterocycles. The summed E-state index contributed by atoms with van der Waals surface area (Å²) in [5.41, 5.74) is 1.09. The van der Waals surface area contributed by atoms with Crippen molar-refractivity contribution in [3.8, 4) is 0 Å². The van der Waals surface area contributed by atoms with Gasteiger partial charge in [-0.15, -0.1) is 0 Å². The van der Waals surface area contributed by atoms with E-state index in [0.717, 1.165) is 18.4 Å². The monoisotopic (exact) mass is 328 g/mol. The fourth-order valence-corrected chi connectivity index (χ4v) is 5.24. The van der Waals surface area contributed by atoms with Crippen molar-refractivity contribution in [3.05, 3.63) is 18.0 Å². The van der Waals surface area contributed by atoms with Crippen molar-refractivity contribution in [1.29, 1.82) is 0 Å². The molecule has 3 unspecified atom stereocenters. The molecule has 2 fully saturated rings. The fraction of sp³-hybridized carbons (Fsp3) is 0.786. The van der Waals surface area contributed by atoms with E-state index >= 15 is 0 Å². The molecule has 7 nitrogen and oxygen atoms in total. The van der Waals surface area contributed by atoms with Crippen molar-refractivity contribution in [2.24, 2.45) is 0 Å². The Morgan fingerprint density at radius 1 is 1.23 bits per heavy atom. The molecule has 3 heterocycles. The molecule has 1 aromatic rings. The summed E-state index contributed by atoms with van der Waals surface area (Å²) in [5.74, 6) is 0.221. The minimum Gasteiger partial charge on any atom is -0.373 e. The zero-order valence-electron chi connectivity index (χ0n) is 13.1. The number of rotatable bonds is 3. The molecule has 0 radical (unpaired) electrons. The SMILES string of the molecule is CC1CN(S(=O)(=O)N2CCCC(c3cn[nH]c3)C2)CC(C)O1. The van der Waals surface area contributed by atoms with Crippen molar-refractivity contribution >= 4 is 10.2 Å². The van der Waals surface area contributed by atoms with Gasteiger partial charge in [-0.2, -0.15) is 22.1 Å². The molecule has 8 heteroatoms. The molecular formula is C14H24N4O3S. The number of morpholine rings is 1. The Morgan fingerprint density at radius 3 is 2.59 bits per heavy atom. The second kappa shape index (κ2) is 6.27. The number of piperidine rings is 1.